The molecule has 22 heavy (non-hydrogen) atoms. The Labute approximate surface area is 134 Å². The topological polar surface area (TPSA) is 20.2 Å². The minimum atomic E-state index is -0.751. The monoisotopic (exact) mass is 294 g/mol. The van der Waals surface area contributed by atoms with E-state index in [2.05, 4.69) is 49.1 Å². The SMILES string of the molecule is CCC#CCCCCCC(C)(O)c1ccc2ccccc2c1. The van der Waals surface area contributed by atoms with Crippen LogP contribution in [0.3, 0.4) is 0 Å². The smallest absolute Gasteiger partial charge is 0.0868 e. The van der Waals surface area contributed by atoms with Crippen molar-refractivity contribution >= 4 is 10.8 Å². The minimum absolute atomic E-state index is 0.751. The number of aliphatic hydroxyl groups is 1. The van der Waals surface area contributed by atoms with Gasteiger partial charge in [0.25, 0.3) is 0 Å². The largest absolute Gasteiger partial charge is 0.385 e. The Kier molecular flexibility index (Phi) is 6.04. The molecule has 1 unspecified atom stereocenters. The first-order valence-corrected chi connectivity index (χ1v) is 8.31. The van der Waals surface area contributed by atoms with E-state index in [1.54, 1.807) is 0 Å². The molecule has 0 spiro atoms. The third-order valence-electron chi connectivity index (χ3n) is 4.14. The molecule has 1 atom stereocenters. The highest BCUT2D eigenvalue weighted by atomic mass is 16.3. The Morgan fingerprint density at radius 1 is 0.955 bits per heavy atom. The Morgan fingerprint density at radius 2 is 1.73 bits per heavy atom. The number of hydrogen-bond acceptors (Lipinski definition) is 1. The molecular formula is C21H26O. The lowest BCUT2D eigenvalue weighted by molar-refractivity contribution is 0.0450. The zero-order valence-electron chi connectivity index (χ0n) is 13.7. The van der Waals surface area contributed by atoms with E-state index in [9.17, 15) is 5.11 Å². The third-order valence-corrected chi connectivity index (χ3v) is 4.14. The van der Waals surface area contributed by atoms with Gasteiger partial charge in [0, 0.05) is 12.8 Å². The standard InChI is InChI=1S/C21H26O/c1-3-4-5-6-7-8-11-16-21(2,22)20-15-14-18-12-9-10-13-19(18)17-20/h9-10,12-15,17,22H,3,6-8,11,16H2,1-2H3. The maximum Gasteiger partial charge on any atom is 0.0868 e. The molecule has 0 amide bonds. The Hall–Kier alpha value is -1.78. The van der Waals surface area contributed by atoms with Crippen LogP contribution in [0.2, 0.25) is 0 Å². The predicted octanol–water partition coefficient (Wildman–Crippen LogP) is 5.41. The highest BCUT2D eigenvalue weighted by Gasteiger charge is 2.22. The summed E-state index contributed by atoms with van der Waals surface area (Å²) in [6.45, 7) is 4.00. The van der Waals surface area contributed by atoms with Crippen LogP contribution in [0.25, 0.3) is 10.8 Å². The second kappa shape index (κ2) is 8.01. The van der Waals surface area contributed by atoms with Gasteiger partial charge in [0.2, 0.25) is 0 Å². The zero-order chi connectivity index (χ0) is 15.8. The fourth-order valence-corrected chi connectivity index (χ4v) is 2.74. The average molecular weight is 294 g/mol. The Balaban J connectivity index is 1.91. The van der Waals surface area contributed by atoms with Gasteiger partial charge in [-0.2, -0.15) is 0 Å². The van der Waals surface area contributed by atoms with Crippen LogP contribution in [0.5, 0.6) is 0 Å². The predicted molar refractivity (Wildman–Crippen MR) is 94.7 cm³/mol. The van der Waals surface area contributed by atoms with Crippen molar-refractivity contribution in [3.05, 3.63) is 48.0 Å². The lowest BCUT2D eigenvalue weighted by atomic mass is 9.89. The van der Waals surface area contributed by atoms with Gasteiger partial charge < -0.3 is 5.11 Å². The highest BCUT2D eigenvalue weighted by Crippen LogP contribution is 2.29. The maximum atomic E-state index is 10.8. The van der Waals surface area contributed by atoms with Gasteiger partial charge in [0.05, 0.1) is 5.60 Å². The summed E-state index contributed by atoms with van der Waals surface area (Å²) < 4.78 is 0. The van der Waals surface area contributed by atoms with Crippen LogP contribution in [0.1, 0.15) is 57.9 Å². The van der Waals surface area contributed by atoms with Gasteiger partial charge in [-0.3, -0.25) is 0 Å². The summed E-state index contributed by atoms with van der Waals surface area (Å²) in [5, 5.41) is 13.2. The number of unbranched alkanes of at least 4 members (excludes halogenated alkanes) is 3. The average Bonchev–Trinajstić information content (AvgIpc) is 2.53. The first-order chi connectivity index (χ1) is 10.6. The zero-order valence-corrected chi connectivity index (χ0v) is 13.7. The summed E-state index contributed by atoms with van der Waals surface area (Å²) in [5.74, 6) is 6.27. The number of hydrogen-bond donors (Lipinski definition) is 1. The molecule has 0 saturated heterocycles. The second-order valence-electron chi connectivity index (χ2n) is 6.10. The summed E-state index contributed by atoms with van der Waals surface area (Å²) >= 11 is 0. The van der Waals surface area contributed by atoms with Crippen molar-refractivity contribution < 1.29 is 5.11 Å². The van der Waals surface area contributed by atoms with E-state index in [4.69, 9.17) is 0 Å². The lowest BCUT2D eigenvalue weighted by Crippen LogP contribution is -2.20. The molecule has 0 bridgehead atoms. The fourth-order valence-electron chi connectivity index (χ4n) is 2.74. The van der Waals surface area contributed by atoms with Crippen LogP contribution < -0.4 is 0 Å². The van der Waals surface area contributed by atoms with Crippen molar-refractivity contribution in [2.75, 3.05) is 0 Å². The number of rotatable bonds is 6. The van der Waals surface area contributed by atoms with Gasteiger partial charge in [0.15, 0.2) is 0 Å². The van der Waals surface area contributed by atoms with Crippen LogP contribution in [0.15, 0.2) is 42.5 Å². The molecule has 2 rings (SSSR count). The van der Waals surface area contributed by atoms with E-state index in [1.807, 2.05) is 19.1 Å². The van der Waals surface area contributed by atoms with Gasteiger partial charge in [-0.15, -0.1) is 11.8 Å². The van der Waals surface area contributed by atoms with E-state index in [1.165, 1.54) is 10.8 Å². The molecular weight excluding hydrogens is 268 g/mol. The van der Waals surface area contributed by atoms with Crippen molar-refractivity contribution in [3.63, 3.8) is 0 Å². The summed E-state index contributed by atoms with van der Waals surface area (Å²) in [6.07, 6.45) is 6.01. The molecule has 0 aromatic heterocycles. The first kappa shape index (κ1) is 16.6. The van der Waals surface area contributed by atoms with E-state index in [-0.39, 0.29) is 0 Å². The van der Waals surface area contributed by atoms with Gasteiger partial charge in [-0.25, -0.2) is 0 Å². The lowest BCUT2D eigenvalue weighted by Gasteiger charge is -2.24. The van der Waals surface area contributed by atoms with Crippen molar-refractivity contribution in [1.29, 1.82) is 0 Å². The molecule has 0 radical (unpaired) electrons. The van der Waals surface area contributed by atoms with Crippen LogP contribution in [-0.4, -0.2) is 5.11 Å². The Morgan fingerprint density at radius 3 is 2.50 bits per heavy atom. The van der Waals surface area contributed by atoms with Crippen molar-refractivity contribution in [3.8, 4) is 11.8 Å². The first-order valence-electron chi connectivity index (χ1n) is 8.31. The van der Waals surface area contributed by atoms with Crippen LogP contribution in [-0.2, 0) is 5.60 Å². The number of benzene rings is 2. The van der Waals surface area contributed by atoms with Crippen molar-refractivity contribution in [2.45, 2.75) is 58.0 Å². The summed E-state index contributed by atoms with van der Waals surface area (Å²) in [7, 11) is 0. The van der Waals surface area contributed by atoms with Gasteiger partial charge in [-0.1, -0.05) is 56.2 Å². The maximum absolute atomic E-state index is 10.8. The Bertz CT molecular complexity index is 658. The molecule has 1 N–H and O–H groups in total. The summed E-state index contributed by atoms with van der Waals surface area (Å²) in [6, 6.07) is 14.5. The molecule has 2 aromatic carbocycles. The summed E-state index contributed by atoms with van der Waals surface area (Å²) in [5.41, 5.74) is 0.260. The molecule has 2 aromatic rings. The minimum Gasteiger partial charge on any atom is -0.385 e. The third kappa shape index (κ3) is 4.61. The quantitative estimate of drug-likeness (QED) is 0.558. The van der Waals surface area contributed by atoms with Gasteiger partial charge in [0.1, 0.15) is 0 Å². The van der Waals surface area contributed by atoms with Crippen LogP contribution in [0, 0.1) is 11.8 Å². The molecule has 1 nitrogen and oxygen atoms in total. The van der Waals surface area contributed by atoms with Crippen LogP contribution >= 0.6 is 0 Å². The molecule has 0 aliphatic heterocycles. The van der Waals surface area contributed by atoms with Crippen molar-refractivity contribution in [1.82, 2.24) is 0 Å². The van der Waals surface area contributed by atoms with Gasteiger partial charge in [-0.05, 0) is 42.2 Å². The molecule has 0 heterocycles. The van der Waals surface area contributed by atoms with E-state index >= 15 is 0 Å². The highest BCUT2D eigenvalue weighted by molar-refractivity contribution is 5.83. The molecule has 0 saturated carbocycles. The van der Waals surface area contributed by atoms with Gasteiger partial charge >= 0.3 is 0 Å². The molecule has 0 aliphatic carbocycles. The molecule has 0 fully saturated rings. The van der Waals surface area contributed by atoms with E-state index in [0.29, 0.717) is 0 Å². The van der Waals surface area contributed by atoms with Crippen molar-refractivity contribution in [2.24, 2.45) is 0 Å². The van der Waals surface area contributed by atoms with E-state index in [0.717, 1.165) is 44.1 Å². The molecule has 1 heteroatoms. The number of fused-ring (bicyclic) bond motifs is 1. The fraction of sp³-hybridized carbons (Fsp3) is 0.429. The molecule has 116 valence electrons. The second-order valence-corrected chi connectivity index (χ2v) is 6.10. The van der Waals surface area contributed by atoms with Crippen LogP contribution in [0.4, 0.5) is 0 Å². The molecule has 0 aliphatic rings. The normalized spacial score (nSPS) is 13.4. The summed E-state index contributed by atoms with van der Waals surface area (Å²) in [4.78, 5) is 0. The van der Waals surface area contributed by atoms with E-state index < -0.39 is 5.60 Å².